The van der Waals surface area contributed by atoms with Gasteiger partial charge >= 0.3 is 6.18 Å². The molecule has 1 unspecified atom stereocenters. The smallest absolute Gasteiger partial charge is 0.396 e. The van der Waals surface area contributed by atoms with Gasteiger partial charge in [-0.1, -0.05) is 13.3 Å². The molecule has 8 heteroatoms. The van der Waals surface area contributed by atoms with Gasteiger partial charge in [-0.05, 0) is 23.9 Å². The van der Waals surface area contributed by atoms with Gasteiger partial charge in [0, 0.05) is 19.2 Å². The van der Waals surface area contributed by atoms with Crippen LogP contribution in [-0.4, -0.2) is 28.2 Å². The van der Waals surface area contributed by atoms with Crippen molar-refractivity contribution in [3.8, 4) is 0 Å². The number of nitrogens with one attached hydrogen (secondary N) is 1. The van der Waals surface area contributed by atoms with E-state index in [1.54, 1.807) is 0 Å². The average Bonchev–Trinajstić information content (AvgIpc) is 2.32. The van der Waals surface area contributed by atoms with Crippen molar-refractivity contribution in [2.24, 2.45) is 5.92 Å². The lowest BCUT2D eigenvalue weighted by molar-refractivity contribution is -0.141. The van der Waals surface area contributed by atoms with Gasteiger partial charge < -0.3 is 10.4 Å². The highest BCUT2D eigenvalue weighted by molar-refractivity contribution is 6.28. The molecule has 0 amide bonds. The van der Waals surface area contributed by atoms with Crippen LogP contribution in [0.1, 0.15) is 25.5 Å². The van der Waals surface area contributed by atoms with E-state index in [1.165, 1.54) is 0 Å². The Bertz CT molecular complexity index is 415. The van der Waals surface area contributed by atoms with Crippen molar-refractivity contribution in [1.82, 2.24) is 9.97 Å². The van der Waals surface area contributed by atoms with E-state index in [0.29, 0.717) is 13.0 Å². The average molecular weight is 298 g/mol. The number of aliphatic hydroxyl groups excluding tert-OH is 1. The third-order valence-electron chi connectivity index (χ3n) is 2.68. The second-order valence-corrected chi connectivity index (χ2v) is 4.41. The first-order valence-electron chi connectivity index (χ1n) is 5.83. The molecule has 19 heavy (non-hydrogen) atoms. The summed E-state index contributed by atoms with van der Waals surface area (Å²) < 4.78 is 37.6. The van der Waals surface area contributed by atoms with Gasteiger partial charge in [0.25, 0.3) is 0 Å². The SMILES string of the molecule is CCC(CCO)CNc1cc(C(F)(F)F)nc(Cl)n1. The van der Waals surface area contributed by atoms with Crippen molar-refractivity contribution in [1.29, 1.82) is 0 Å². The molecule has 0 aromatic carbocycles. The fraction of sp³-hybridized carbons (Fsp3) is 0.636. The van der Waals surface area contributed by atoms with E-state index in [2.05, 4.69) is 15.3 Å². The lowest BCUT2D eigenvalue weighted by Gasteiger charge is -2.15. The van der Waals surface area contributed by atoms with E-state index in [-0.39, 0.29) is 18.3 Å². The monoisotopic (exact) mass is 297 g/mol. The maximum absolute atomic E-state index is 12.5. The Morgan fingerprint density at radius 3 is 2.63 bits per heavy atom. The Morgan fingerprint density at radius 2 is 2.11 bits per heavy atom. The van der Waals surface area contributed by atoms with Crippen LogP contribution in [0.4, 0.5) is 19.0 Å². The zero-order chi connectivity index (χ0) is 14.5. The van der Waals surface area contributed by atoms with E-state index >= 15 is 0 Å². The van der Waals surface area contributed by atoms with Crippen molar-refractivity contribution in [3.05, 3.63) is 17.0 Å². The number of aromatic nitrogens is 2. The highest BCUT2D eigenvalue weighted by atomic mass is 35.5. The van der Waals surface area contributed by atoms with Crippen molar-refractivity contribution in [2.45, 2.75) is 25.9 Å². The molecule has 4 nitrogen and oxygen atoms in total. The van der Waals surface area contributed by atoms with E-state index in [0.717, 1.165) is 12.5 Å². The fourth-order valence-electron chi connectivity index (χ4n) is 1.54. The predicted molar refractivity (Wildman–Crippen MR) is 66.0 cm³/mol. The number of rotatable bonds is 6. The topological polar surface area (TPSA) is 58.0 Å². The van der Waals surface area contributed by atoms with Crippen molar-refractivity contribution < 1.29 is 18.3 Å². The minimum Gasteiger partial charge on any atom is -0.396 e. The molecule has 0 aliphatic carbocycles. The molecule has 0 radical (unpaired) electrons. The summed E-state index contributed by atoms with van der Waals surface area (Å²) in [5.74, 6) is 0.191. The molecule has 0 saturated heterocycles. The first-order valence-corrected chi connectivity index (χ1v) is 6.21. The predicted octanol–water partition coefficient (Wildman–Crippen LogP) is 2.97. The molecule has 2 N–H and O–H groups in total. The summed E-state index contributed by atoms with van der Waals surface area (Å²) in [6.45, 7) is 2.40. The second-order valence-electron chi connectivity index (χ2n) is 4.07. The maximum atomic E-state index is 12.5. The molecular formula is C11H15ClF3N3O. The van der Waals surface area contributed by atoms with Gasteiger partial charge in [0.15, 0.2) is 5.69 Å². The van der Waals surface area contributed by atoms with E-state index in [1.807, 2.05) is 6.92 Å². The zero-order valence-corrected chi connectivity index (χ0v) is 11.1. The molecule has 0 spiro atoms. The number of hydrogen-bond acceptors (Lipinski definition) is 4. The van der Waals surface area contributed by atoms with E-state index in [9.17, 15) is 13.2 Å². The molecule has 0 aliphatic heterocycles. The highest BCUT2D eigenvalue weighted by Gasteiger charge is 2.33. The summed E-state index contributed by atoms with van der Waals surface area (Å²) >= 11 is 5.46. The summed E-state index contributed by atoms with van der Waals surface area (Å²) in [7, 11) is 0. The number of anilines is 1. The number of nitrogens with zero attached hydrogens (tertiary/aromatic N) is 2. The van der Waals surface area contributed by atoms with Crippen LogP contribution >= 0.6 is 11.6 Å². The minimum absolute atomic E-state index is 0.0312. The molecule has 0 aliphatic rings. The lowest BCUT2D eigenvalue weighted by atomic mass is 10.0. The number of halogens is 4. The van der Waals surface area contributed by atoms with Crippen LogP contribution in [0.5, 0.6) is 0 Å². The summed E-state index contributed by atoms with van der Waals surface area (Å²) in [6.07, 6.45) is -3.18. The Hall–Kier alpha value is -1.08. The fourth-order valence-corrected chi connectivity index (χ4v) is 1.72. The third-order valence-corrected chi connectivity index (χ3v) is 2.84. The van der Waals surface area contributed by atoms with Crippen LogP contribution in [0.25, 0.3) is 0 Å². The van der Waals surface area contributed by atoms with Crippen molar-refractivity contribution in [2.75, 3.05) is 18.5 Å². The molecular weight excluding hydrogens is 283 g/mol. The summed E-state index contributed by atoms with van der Waals surface area (Å²) in [4.78, 5) is 6.83. The normalized spacial score (nSPS) is 13.4. The van der Waals surface area contributed by atoms with Gasteiger partial charge in [-0.25, -0.2) is 9.97 Å². The second kappa shape index (κ2) is 6.91. The van der Waals surface area contributed by atoms with Crippen LogP contribution in [-0.2, 0) is 6.18 Å². The van der Waals surface area contributed by atoms with Crippen LogP contribution in [0, 0.1) is 5.92 Å². The van der Waals surface area contributed by atoms with Crippen LogP contribution in [0.15, 0.2) is 6.07 Å². The molecule has 1 aromatic heterocycles. The van der Waals surface area contributed by atoms with Gasteiger partial charge in [0.1, 0.15) is 5.82 Å². The largest absolute Gasteiger partial charge is 0.433 e. The molecule has 0 bridgehead atoms. The molecule has 1 atom stereocenters. The lowest BCUT2D eigenvalue weighted by Crippen LogP contribution is -2.17. The minimum atomic E-state index is -4.56. The van der Waals surface area contributed by atoms with Crippen LogP contribution in [0.2, 0.25) is 5.28 Å². The zero-order valence-electron chi connectivity index (χ0n) is 10.3. The van der Waals surface area contributed by atoms with Gasteiger partial charge in [-0.2, -0.15) is 13.2 Å². The molecule has 1 rings (SSSR count). The summed E-state index contributed by atoms with van der Waals surface area (Å²) in [5.41, 5.74) is -1.08. The maximum Gasteiger partial charge on any atom is 0.433 e. The Labute approximate surface area is 114 Å². The molecule has 0 saturated carbocycles. The van der Waals surface area contributed by atoms with Gasteiger partial charge in [0.05, 0.1) is 0 Å². The molecule has 1 heterocycles. The van der Waals surface area contributed by atoms with Gasteiger partial charge in [0.2, 0.25) is 5.28 Å². The number of alkyl halides is 3. The van der Waals surface area contributed by atoms with Crippen LogP contribution in [0.3, 0.4) is 0 Å². The number of hydrogen-bond donors (Lipinski definition) is 2. The van der Waals surface area contributed by atoms with Crippen LogP contribution < -0.4 is 5.32 Å². The summed E-state index contributed by atoms with van der Waals surface area (Å²) in [5, 5.41) is 11.2. The van der Waals surface area contributed by atoms with Crippen molar-refractivity contribution >= 4 is 17.4 Å². The highest BCUT2D eigenvalue weighted by Crippen LogP contribution is 2.29. The van der Waals surface area contributed by atoms with Gasteiger partial charge in [-0.3, -0.25) is 0 Å². The standard InChI is InChI=1S/C11H15ClF3N3O/c1-2-7(3-4-19)6-16-9-5-8(11(13,14)15)17-10(12)18-9/h5,7,19H,2-4,6H2,1H3,(H,16,17,18). The Balaban J connectivity index is 2.76. The summed E-state index contributed by atoms with van der Waals surface area (Å²) in [6, 6.07) is 0.817. The first kappa shape index (κ1) is 16.0. The van der Waals surface area contributed by atoms with E-state index in [4.69, 9.17) is 16.7 Å². The first-order chi connectivity index (χ1) is 8.86. The third kappa shape index (κ3) is 5.20. The molecule has 0 fully saturated rings. The quantitative estimate of drug-likeness (QED) is 0.793. The van der Waals surface area contributed by atoms with E-state index < -0.39 is 17.2 Å². The molecule has 108 valence electrons. The van der Waals surface area contributed by atoms with Crippen molar-refractivity contribution in [3.63, 3.8) is 0 Å². The number of aliphatic hydroxyl groups is 1. The Morgan fingerprint density at radius 1 is 1.42 bits per heavy atom. The Kier molecular flexibility index (Phi) is 5.81. The molecule has 1 aromatic rings. The van der Waals surface area contributed by atoms with Gasteiger partial charge in [-0.15, -0.1) is 0 Å².